The highest BCUT2D eigenvalue weighted by molar-refractivity contribution is 5.50. The number of halogens is 1. The van der Waals surface area contributed by atoms with Crippen molar-refractivity contribution in [2.45, 2.75) is 40.0 Å². The molecule has 0 saturated heterocycles. The molecule has 0 aromatic heterocycles. The lowest BCUT2D eigenvalue weighted by Crippen LogP contribution is -1.87. The molecule has 0 atom stereocenters. The van der Waals surface area contributed by atoms with Crippen molar-refractivity contribution in [3.63, 3.8) is 0 Å². The Balaban J connectivity index is 0.000000251. The molecule has 25 heavy (non-hydrogen) atoms. The minimum absolute atomic E-state index is 0.109. The summed E-state index contributed by atoms with van der Waals surface area (Å²) in [5, 5.41) is 0. The fraction of sp³-hybridized carbons (Fsp3) is 0.250. The van der Waals surface area contributed by atoms with E-state index in [0.29, 0.717) is 6.42 Å². The van der Waals surface area contributed by atoms with E-state index in [0.717, 1.165) is 18.4 Å². The summed E-state index contributed by atoms with van der Waals surface area (Å²) in [6.07, 6.45) is 13.3. The Morgan fingerprint density at radius 1 is 0.920 bits per heavy atom. The van der Waals surface area contributed by atoms with Crippen LogP contribution in [0.5, 0.6) is 0 Å². The molecular formula is C24H29F. The fourth-order valence-corrected chi connectivity index (χ4v) is 2.04. The van der Waals surface area contributed by atoms with Gasteiger partial charge in [-0.2, -0.15) is 0 Å². The van der Waals surface area contributed by atoms with E-state index in [1.807, 2.05) is 30.3 Å². The quantitative estimate of drug-likeness (QED) is 0.381. The van der Waals surface area contributed by atoms with Crippen molar-refractivity contribution < 1.29 is 4.39 Å². The van der Waals surface area contributed by atoms with E-state index in [1.165, 1.54) is 17.2 Å². The van der Waals surface area contributed by atoms with Crippen molar-refractivity contribution in [1.82, 2.24) is 0 Å². The maximum Gasteiger partial charge on any atom is 0.126 e. The van der Waals surface area contributed by atoms with Gasteiger partial charge < -0.3 is 0 Å². The SMILES string of the molecule is CC/C(C)=C/Cc1ccccc1F.CC/C=C/C=C/c1ccccc1. The molecule has 0 aliphatic carbocycles. The molecule has 0 nitrogen and oxygen atoms in total. The zero-order valence-corrected chi connectivity index (χ0v) is 15.6. The van der Waals surface area contributed by atoms with E-state index >= 15 is 0 Å². The third kappa shape index (κ3) is 9.46. The lowest BCUT2D eigenvalue weighted by atomic mass is 10.1. The highest BCUT2D eigenvalue weighted by Crippen LogP contribution is 2.09. The molecule has 0 radical (unpaired) electrons. The molecule has 132 valence electrons. The lowest BCUT2D eigenvalue weighted by Gasteiger charge is -1.99. The van der Waals surface area contributed by atoms with Crippen LogP contribution < -0.4 is 0 Å². The maximum absolute atomic E-state index is 13.1. The summed E-state index contributed by atoms with van der Waals surface area (Å²) in [6.45, 7) is 6.31. The molecule has 2 aromatic carbocycles. The summed E-state index contributed by atoms with van der Waals surface area (Å²) in [6, 6.07) is 17.2. The second kappa shape index (κ2) is 12.9. The minimum Gasteiger partial charge on any atom is -0.207 e. The Bertz CT molecular complexity index is 678. The van der Waals surface area contributed by atoms with Crippen molar-refractivity contribution in [3.05, 3.63) is 101 Å². The predicted octanol–water partition coefficient (Wildman–Crippen LogP) is 7.39. The van der Waals surface area contributed by atoms with Crippen LogP contribution in [0.4, 0.5) is 4.39 Å². The molecule has 1 heteroatoms. The van der Waals surface area contributed by atoms with Gasteiger partial charge in [-0.05, 0) is 43.4 Å². The fourth-order valence-electron chi connectivity index (χ4n) is 2.04. The van der Waals surface area contributed by atoms with E-state index in [-0.39, 0.29) is 5.82 Å². The first-order valence-corrected chi connectivity index (χ1v) is 8.94. The summed E-state index contributed by atoms with van der Waals surface area (Å²) in [5.41, 5.74) is 3.33. The number of benzene rings is 2. The van der Waals surface area contributed by atoms with Crippen LogP contribution in [0.15, 0.2) is 84.5 Å². The van der Waals surface area contributed by atoms with Gasteiger partial charge in [-0.3, -0.25) is 0 Å². The van der Waals surface area contributed by atoms with Gasteiger partial charge in [0.15, 0.2) is 0 Å². The first-order chi connectivity index (χ1) is 12.2. The Kier molecular flexibility index (Phi) is 10.7. The van der Waals surface area contributed by atoms with E-state index in [4.69, 9.17) is 0 Å². The molecule has 0 unspecified atom stereocenters. The average Bonchev–Trinajstić information content (AvgIpc) is 2.66. The predicted molar refractivity (Wildman–Crippen MR) is 109 cm³/mol. The summed E-state index contributed by atoms with van der Waals surface area (Å²) in [5.74, 6) is -0.109. The topological polar surface area (TPSA) is 0 Å². The molecule has 0 spiro atoms. The monoisotopic (exact) mass is 336 g/mol. The van der Waals surface area contributed by atoms with Crippen LogP contribution in [0.25, 0.3) is 6.08 Å². The molecule has 0 amide bonds. The highest BCUT2D eigenvalue weighted by atomic mass is 19.1. The zero-order chi connectivity index (χ0) is 18.3. The normalized spacial score (nSPS) is 11.6. The minimum atomic E-state index is -0.109. The summed E-state index contributed by atoms with van der Waals surface area (Å²) in [4.78, 5) is 0. The first-order valence-electron chi connectivity index (χ1n) is 8.94. The Labute approximate surface area is 152 Å². The molecule has 2 rings (SSSR count). The number of rotatable bonds is 6. The van der Waals surface area contributed by atoms with Crippen LogP contribution in [0.2, 0.25) is 0 Å². The van der Waals surface area contributed by atoms with E-state index in [1.54, 1.807) is 6.07 Å². The van der Waals surface area contributed by atoms with Gasteiger partial charge in [0.1, 0.15) is 5.82 Å². The van der Waals surface area contributed by atoms with E-state index < -0.39 is 0 Å². The van der Waals surface area contributed by atoms with Gasteiger partial charge in [0, 0.05) is 0 Å². The number of allylic oxidation sites excluding steroid dienone is 5. The molecule has 0 bridgehead atoms. The molecule has 0 heterocycles. The van der Waals surface area contributed by atoms with Crippen molar-refractivity contribution in [2.75, 3.05) is 0 Å². The van der Waals surface area contributed by atoms with Gasteiger partial charge in [0.05, 0.1) is 0 Å². The molecule has 2 aromatic rings. The zero-order valence-electron chi connectivity index (χ0n) is 15.6. The van der Waals surface area contributed by atoms with Crippen LogP contribution in [0.1, 0.15) is 44.7 Å². The Morgan fingerprint density at radius 3 is 2.24 bits per heavy atom. The van der Waals surface area contributed by atoms with Crippen LogP contribution in [0.3, 0.4) is 0 Å². The average molecular weight is 336 g/mol. The van der Waals surface area contributed by atoms with E-state index in [9.17, 15) is 4.39 Å². The van der Waals surface area contributed by atoms with Gasteiger partial charge in [0.2, 0.25) is 0 Å². The van der Waals surface area contributed by atoms with Gasteiger partial charge in [-0.1, -0.05) is 98.3 Å². The second-order valence-corrected chi connectivity index (χ2v) is 5.81. The Hall–Kier alpha value is -2.41. The van der Waals surface area contributed by atoms with Gasteiger partial charge in [-0.25, -0.2) is 4.39 Å². The number of hydrogen-bond donors (Lipinski definition) is 0. The Morgan fingerprint density at radius 2 is 1.60 bits per heavy atom. The summed E-state index contributed by atoms with van der Waals surface area (Å²) < 4.78 is 13.1. The molecule has 0 aliphatic rings. The highest BCUT2D eigenvalue weighted by Gasteiger charge is 1.97. The van der Waals surface area contributed by atoms with Crippen molar-refractivity contribution in [3.8, 4) is 0 Å². The summed E-state index contributed by atoms with van der Waals surface area (Å²) in [7, 11) is 0. The van der Waals surface area contributed by atoms with Crippen molar-refractivity contribution >= 4 is 6.08 Å². The second-order valence-electron chi connectivity index (χ2n) is 5.81. The van der Waals surface area contributed by atoms with Crippen LogP contribution in [-0.4, -0.2) is 0 Å². The molecule has 0 fully saturated rings. The molecule has 0 aliphatic heterocycles. The number of hydrogen-bond acceptors (Lipinski definition) is 0. The van der Waals surface area contributed by atoms with E-state index in [2.05, 4.69) is 63.3 Å². The molecular weight excluding hydrogens is 307 g/mol. The maximum atomic E-state index is 13.1. The summed E-state index contributed by atoms with van der Waals surface area (Å²) >= 11 is 0. The van der Waals surface area contributed by atoms with Gasteiger partial charge >= 0.3 is 0 Å². The van der Waals surface area contributed by atoms with Gasteiger partial charge in [0.25, 0.3) is 0 Å². The first kappa shape index (κ1) is 20.6. The van der Waals surface area contributed by atoms with Crippen LogP contribution in [-0.2, 0) is 6.42 Å². The van der Waals surface area contributed by atoms with Crippen LogP contribution in [0, 0.1) is 5.82 Å². The largest absolute Gasteiger partial charge is 0.207 e. The van der Waals surface area contributed by atoms with Crippen molar-refractivity contribution in [1.29, 1.82) is 0 Å². The smallest absolute Gasteiger partial charge is 0.126 e. The molecule has 0 saturated carbocycles. The van der Waals surface area contributed by atoms with Crippen molar-refractivity contribution in [2.24, 2.45) is 0 Å². The van der Waals surface area contributed by atoms with Gasteiger partial charge in [-0.15, -0.1) is 0 Å². The standard InChI is InChI=1S/C12H15F.C12H14/c1-3-10(2)8-9-11-6-4-5-7-12(11)13;1-2-3-4-6-9-12-10-7-5-8-11-12/h4-8H,3,9H2,1-2H3;3-11H,2H2,1H3/b10-8+;4-3+,9-6+. The molecule has 0 N–H and O–H groups in total. The third-order valence-electron chi connectivity index (χ3n) is 3.76. The third-order valence-corrected chi connectivity index (χ3v) is 3.76. The lowest BCUT2D eigenvalue weighted by molar-refractivity contribution is 0.614. The van der Waals surface area contributed by atoms with Crippen LogP contribution >= 0.6 is 0 Å².